The first-order valence-corrected chi connectivity index (χ1v) is 7.09. The summed E-state index contributed by atoms with van der Waals surface area (Å²) in [6, 6.07) is 0. The third-order valence-corrected chi connectivity index (χ3v) is 3.54. The molecule has 0 aliphatic heterocycles. The van der Waals surface area contributed by atoms with Gasteiger partial charge in [0.15, 0.2) is 0 Å². The van der Waals surface area contributed by atoms with Crippen LogP contribution in [-0.4, -0.2) is 22.6 Å². The second kappa shape index (κ2) is 6.80. The molecule has 0 aliphatic rings. The molecule has 1 atom stereocenters. The third-order valence-electron chi connectivity index (χ3n) is 2.68. The fourth-order valence-corrected chi connectivity index (χ4v) is 2.57. The van der Waals surface area contributed by atoms with Crippen molar-refractivity contribution in [3.8, 4) is 0 Å². The maximum absolute atomic E-state index is 12.0. The van der Waals surface area contributed by atoms with E-state index in [-0.39, 0.29) is 17.7 Å². The highest BCUT2D eigenvalue weighted by Gasteiger charge is 2.21. The molecule has 0 bridgehead atoms. The Morgan fingerprint density at radius 3 is 2.50 bits per heavy atom. The largest absolute Gasteiger partial charge is 0.330 e. The molecular weight excluding hydrogens is 248 g/mol. The summed E-state index contributed by atoms with van der Waals surface area (Å²) in [6.45, 7) is 8.58. The van der Waals surface area contributed by atoms with E-state index in [1.165, 1.54) is 11.3 Å². The predicted octanol–water partition coefficient (Wildman–Crippen LogP) is 1.91. The van der Waals surface area contributed by atoms with Crippen LogP contribution in [0.1, 0.15) is 32.7 Å². The molecule has 6 heteroatoms. The van der Waals surface area contributed by atoms with Crippen molar-refractivity contribution in [1.29, 1.82) is 0 Å². The molecule has 0 spiro atoms. The normalized spacial score (nSPS) is 13.1. The van der Waals surface area contributed by atoms with Crippen molar-refractivity contribution in [3.63, 3.8) is 0 Å². The summed E-state index contributed by atoms with van der Waals surface area (Å²) in [6.07, 6.45) is 0.887. The van der Waals surface area contributed by atoms with Crippen molar-refractivity contribution in [2.24, 2.45) is 23.5 Å². The first-order chi connectivity index (χ1) is 8.43. The van der Waals surface area contributed by atoms with Crippen molar-refractivity contribution < 1.29 is 4.79 Å². The van der Waals surface area contributed by atoms with Crippen LogP contribution in [0.2, 0.25) is 0 Å². The molecule has 3 N–H and O–H groups in total. The van der Waals surface area contributed by atoms with Gasteiger partial charge in [0.05, 0.1) is 5.92 Å². The Morgan fingerprint density at radius 1 is 1.33 bits per heavy atom. The lowest BCUT2D eigenvalue weighted by Crippen LogP contribution is -2.33. The van der Waals surface area contributed by atoms with Crippen molar-refractivity contribution in [2.75, 3.05) is 11.9 Å². The highest BCUT2D eigenvalue weighted by atomic mass is 32.1. The van der Waals surface area contributed by atoms with Crippen LogP contribution >= 0.6 is 11.3 Å². The van der Waals surface area contributed by atoms with Gasteiger partial charge < -0.3 is 11.1 Å². The highest BCUT2D eigenvalue weighted by Crippen LogP contribution is 2.20. The Labute approximate surface area is 112 Å². The molecule has 1 amide bonds. The summed E-state index contributed by atoms with van der Waals surface area (Å²) in [7, 11) is 0. The Balaban J connectivity index is 2.61. The Hall–Kier alpha value is -1.01. The zero-order valence-electron chi connectivity index (χ0n) is 11.4. The quantitative estimate of drug-likeness (QED) is 0.827. The Morgan fingerprint density at radius 2 is 2.00 bits per heavy atom. The van der Waals surface area contributed by atoms with Crippen LogP contribution in [0, 0.1) is 17.8 Å². The number of aromatic nitrogens is 2. The number of nitrogens with two attached hydrogens (primary N) is 1. The van der Waals surface area contributed by atoms with Crippen molar-refractivity contribution in [2.45, 2.75) is 34.1 Å². The van der Waals surface area contributed by atoms with Crippen LogP contribution < -0.4 is 11.1 Å². The molecule has 0 radical (unpaired) electrons. The van der Waals surface area contributed by atoms with E-state index in [2.05, 4.69) is 29.4 Å². The van der Waals surface area contributed by atoms with Crippen molar-refractivity contribution in [3.05, 3.63) is 5.01 Å². The van der Waals surface area contributed by atoms with E-state index < -0.39 is 0 Å². The SMILES string of the molecule is CC(C)Cc1nnc(NC(=O)C(CN)C(C)C)s1. The van der Waals surface area contributed by atoms with Crippen molar-refractivity contribution >= 4 is 22.4 Å². The number of hydrogen-bond acceptors (Lipinski definition) is 5. The number of nitrogens with one attached hydrogen (secondary N) is 1. The maximum atomic E-state index is 12.0. The fraction of sp³-hybridized carbons (Fsp3) is 0.750. The van der Waals surface area contributed by atoms with Gasteiger partial charge in [0.2, 0.25) is 11.0 Å². The van der Waals surface area contributed by atoms with Gasteiger partial charge in [-0.15, -0.1) is 10.2 Å². The lowest BCUT2D eigenvalue weighted by Gasteiger charge is -2.16. The average molecular weight is 270 g/mol. The van der Waals surface area contributed by atoms with Gasteiger partial charge in [-0.05, 0) is 11.8 Å². The van der Waals surface area contributed by atoms with Gasteiger partial charge in [0.1, 0.15) is 5.01 Å². The summed E-state index contributed by atoms with van der Waals surface area (Å²) >= 11 is 1.43. The van der Waals surface area contributed by atoms with Crippen LogP contribution in [0.3, 0.4) is 0 Å². The zero-order chi connectivity index (χ0) is 13.7. The van der Waals surface area contributed by atoms with E-state index in [0.29, 0.717) is 17.6 Å². The minimum Gasteiger partial charge on any atom is -0.330 e. The Kier molecular flexibility index (Phi) is 5.68. The summed E-state index contributed by atoms with van der Waals surface area (Å²) in [5.74, 6) is 0.509. The number of carbonyl (C=O) groups is 1. The lowest BCUT2D eigenvalue weighted by atomic mass is 9.95. The monoisotopic (exact) mass is 270 g/mol. The third kappa shape index (κ3) is 4.34. The summed E-state index contributed by atoms with van der Waals surface area (Å²) in [4.78, 5) is 12.0. The van der Waals surface area contributed by atoms with Crippen LogP contribution in [-0.2, 0) is 11.2 Å². The van der Waals surface area contributed by atoms with Gasteiger partial charge in [0.25, 0.3) is 0 Å². The molecule has 102 valence electrons. The van der Waals surface area contributed by atoms with Crippen LogP contribution in [0.5, 0.6) is 0 Å². The summed E-state index contributed by atoms with van der Waals surface area (Å²) < 4.78 is 0. The van der Waals surface area contributed by atoms with Crippen LogP contribution in [0.15, 0.2) is 0 Å². The second-order valence-corrected chi connectivity index (χ2v) is 6.24. The summed E-state index contributed by atoms with van der Waals surface area (Å²) in [5.41, 5.74) is 5.61. The number of anilines is 1. The standard InChI is InChI=1S/C12H22N4OS/c1-7(2)5-10-15-16-12(18-10)14-11(17)9(6-13)8(3)4/h7-9H,5-6,13H2,1-4H3,(H,14,16,17). The first-order valence-electron chi connectivity index (χ1n) is 6.27. The topological polar surface area (TPSA) is 80.9 Å². The molecule has 1 heterocycles. The minimum absolute atomic E-state index is 0.0697. The van der Waals surface area contributed by atoms with E-state index in [9.17, 15) is 4.79 Å². The van der Waals surface area contributed by atoms with Gasteiger partial charge in [0, 0.05) is 13.0 Å². The highest BCUT2D eigenvalue weighted by molar-refractivity contribution is 7.15. The maximum Gasteiger partial charge on any atom is 0.230 e. The van der Waals surface area contributed by atoms with E-state index in [4.69, 9.17) is 5.73 Å². The van der Waals surface area contributed by atoms with Crippen LogP contribution in [0.4, 0.5) is 5.13 Å². The zero-order valence-corrected chi connectivity index (χ0v) is 12.3. The number of hydrogen-bond donors (Lipinski definition) is 2. The second-order valence-electron chi connectivity index (χ2n) is 5.17. The first kappa shape index (κ1) is 15.0. The van der Waals surface area contributed by atoms with Gasteiger partial charge in [-0.2, -0.15) is 0 Å². The van der Waals surface area contributed by atoms with Gasteiger partial charge in [-0.3, -0.25) is 4.79 Å². The molecule has 1 aromatic heterocycles. The molecular formula is C12H22N4OS. The van der Waals surface area contributed by atoms with Crippen molar-refractivity contribution in [1.82, 2.24) is 10.2 Å². The molecule has 0 saturated heterocycles. The predicted molar refractivity (Wildman–Crippen MR) is 74.5 cm³/mol. The van der Waals surface area contributed by atoms with E-state index in [0.717, 1.165) is 11.4 Å². The van der Waals surface area contributed by atoms with Gasteiger partial charge >= 0.3 is 0 Å². The van der Waals surface area contributed by atoms with Gasteiger partial charge in [-0.1, -0.05) is 39.0 Å². The number of nitrogens with zero attached hydrogens (tertiary/aromatic N) is 2. The smallest absolute Gasteiger partial charge is 0.230 e. The fourth-order valence-electron chi connectivity index (χ4n) is 1.62. The number of carbonyl (C=O) groups excluding carboxylic acids is 1. The molecule has 0 aromatic carbocycles. The molecule has 1 rings (SSSR count). The molecule has 18 heavy (non-hydrogen) atoms. The van der Waals surface area contributed by atoms with E-state index in [1.807, 2.05) is 13.8 Å². The molecule has 1 unspecified atom stereocenters. The molecule has 5 nitrogen and oxygen atoms in total. The molecule has 0 saturated carbocycles. The number of amides is 1. The summed E-state index contributed by atoms with van der Waals surface area (Å²) in [5, 5.41) is 12.4. The molecule has 1 aromatic rings. The Bertz CT molecular complexity index is 389. The van der Waals surface area contributed by atoms with E-state index in [1.54, 1.807) is 0 Å². The average Bonchev–Trinajstić information content (AvgIpc) is 2.64. The van der Waals surface area contributed by atoms with Gasteiger partial charge in [-0.25, -0.2) is 0 Å². The molecule has 0 aliphatic carbocycles. The lowest BCUT2D eigenvalue weighted by molar-refractivity contribution is -0.120. The number of rotatable bonds is 6. The molecule has 0 fully saturated rings. The van der Waals surface area contributed by atoms with E-state index >= 15 is 0 Å². The minimum atomic E-state index is -0.178. The van der Waals surface area contributed by atoms with Crippen LogP contribution in [0.25, 0.3) is 0 Å².